The zero-order valence-electron chi connectivity index (χ0n) is 9.27. The maximum Gasteiger partial charge on any atom is 0.223 e. The lowest BCUT2D eigenvalue weighted by Gasteiger charge is -2.42. The molecule has 1 heterocycles. The Morgan fingerprint density at radius 3 is 2.87 bits per heavy atom. The van der Waals surface area contributed by atoms with E-state index < -0.39 is 0 Å². The number of thiol groups is 1. The maximum atomic E-state index is 11.7. The summed E-state index contributed by atoms with van der Waals surface area (Å²) in [5, 5.41) is 9.07. The van der Waals surface area contributed by atoms with E-state index in [0.717, 1.165) is 0 Å². The van der Waals surface area contributed by atoms with Crippen LogP contribution in [0.25, 0.3) is 0 Å². The molecular formula is C10H19NO3S. The fourth-order valence-electron chi connectivity index (χ4n) is 1.83. The minimum Gasteiger partial charge on any atom is -0.394 e. The van der Waals surface area contributed by atoms with E-state index in [2.05, 4.69) is 12.6 Å². The second-order valence-electron chi connectivity index (χ2n) is 4.43. The molecule has 0 aromatic heterocycles. The first-order valence-electron chi connectivity index (χ1n) is 5.16. The third-order valence-corrected chi connectivity index (χ3v) is 2.59. The predicted octanol–water partition coefficient (Wildman–Crippen LogP) is 0.305. The quantitative estimate of drug-likeness (QED) is 0.690. The normalized spacial score (nSPS) is 25.3. The molecule has 1 fully saturated rings. The van der Waals surface area contributed by atoms with Crippen molar-refractivity contribution in [2.24, 2.45) is 0 Å². The van der Waals surface area contributed by atoms with Gasteiger partial charge >= 0.3 is 0 Å². The molecule has 4 nitrogen and oxygen atoms in total. The molecule has 1 N–H and O–H groups in total. The Balaban J connectivity index is 2.61. The number of ether oxygens (including phenoxy) is 1. The number of nitrogens with zero attached hydrogens (tertiary/aromatic N) is 1. The van der Waals surface area contributed by atoms with E-state index in [1.807, 2.05) is 13.8 Å². The highest BCUT2D eigenvalue weighted by Gasteiger charge is 2.34. The Labute approximate surface area is 96.0 Å². The van der Waals surface area contributed by atoms with Crippen LogP contribution < -0.4 is 0 Å². The van der Waals surface area contributed by atoms with E-state index in [1.54, 1.807) is 4.90 Å². The van der Waals surface area contributed by atoms with Gasteiger partial charge in [0, 0.05) is 19.5 Å². The molecule has 1 aliphatic heterocycles. The van der Waals surface area contributed by atoms with Crippen molar-refractivity contribution >= 4 is 18.5 Å². The largest absolute Gasteiger partial charge is 0.394 e. The number of hydrogen-bond donors (Lipinski definition) is 2. The average Bonchev–Trinajstić information content (AvgIpc) is 2.15. The Morgan fingerprint density at radius 1 is 1.67 bits per heavy atom. The highest BCUT2D eigenvalue weighted by atomic mass is 32.1. The molecule has 0 radical (unpaired) electrons. The van der Waals surface area contributed by atoms with Crippen molar-refractivity contribution in [1.82, 2.24) is 4.90 Å². The third kappa shape index (κ3) is 3.66. The van der Waals surface area contributed by atoms with Crippen LogP contribution in [-0.2, 0) is 9.53 Å². The van der Waals surface area contributed by atoms with Crippen LogP contribution >= 0.6 is 12.6 Å². The molecule has 0 spiro atoms. The van der Waals surface area contributed by atoms with Crippen molar-refractivity contribution in [1.29, 1.82) is 0 Å². The second kappa shape index (κ2) is 5.18. The molecule has 88 valence electrons. The van der Waals surface area contributed by atoms with Crippen LogP contribution in [-0.4, -0.2) is 53.1 Å². The standard InChI is InChI=1S/C10H19NO3S/c1-10(2)7-11(9(13)3-4-15)5-8(6-12)14-10/h8,12,15H,3-7H2,1-2H3. The number of carbonyl (C=O) groups excluding carboxylic acids is 1. The monoisotopic (exact) mass is 233 g/mol. The van der Waals surface area contributed by atoms with Crippen molar-refractivity contribution < 1.29 is 14.6 Å². The van der Waals surface area contributed by atoms with Gasteiger partial charge in [0.1, 0.15) is 0 Å². The van der Waals surface area contributed by atoms with Crippen molar-refractivity contribution in [3.8, 4) is 0 Å². The van der Waals surface area contributed by atoms with E-state index in [9.17, 15) is 4.79 Å². The molecule has 15 heavy (non-hydrogen) atoms. The van der Waals surface area contributed by atoms with Crippen molar-refractivity contribution in [3.63, 3.8) is 0 Å². The number of hydrogen-bond acceptors (Lipinski definition) is 4. The molecule has 1 aliphatic rings. The van der Waals surface area contributed by atoms with Gasteiger partial charge in [-0.2, -0.15) is 12.6 Å². The zero-order chi connectivity index (χ0) is 11.5. The van der Waals surface area contributed by atoms with Gasteiger partial charge in [0.25, 0.3) is 0 Å². The van der Waals surface area contributed by atoms with Crippen molar-refractivity contribution in [3.05, 3.63) is 0 Å². The molecule has 1 unspecified atom stereocenters. The van der Waals surface area contributed by atoms with Gasteiger partial charge in [-0.15, -0.1) is 0 Å². The number of rotatable bonds is 3. The zero-order valence-corrected chi connectivity index (χ0v) is 10.2. The number of aliphatic hydroxyl groups is 1. The predicted molar refractivity (Wildman–Crippen MR) is 61.1 cm³/mol. The van der Waals surface area contributed by atoms with Crippen LogP contribution in [0.3, 0.4) is 0 Å². The van der Waals surface area contributed by atoms with Crippen LogP contribution in [0.1, 0.15) is 20.3 Å². The summed E-state index contributed by atoms with van der Waals surface area (Å²) in [6.45, 7) is 4.86. The summed E-state index contributed by atoms with van der Waals surface area (Å²) in [4.78, 5) is 13.4. The molecule has 0 saturated carbocycles. The molecule has 0 aromatic carbocycles. The van der Waals surface area contributed by atoms with Crippen molar-refractivity contribution in [2.45, 2.75) is 32.0 Å². The lowest BCUT2D eigenvalue weighted by molar-refractivity contribution is -0.166. The molecule has 1 saturated heterocycles. The molecule has 1 amide bonds. The number of carbonyl (C=O) groups is 1. The van der Waals surface area contributed by atoms with E-state index in [-0.39, 0.29) is 24.2 Å². The van der Waals surface area contributed by atoms with Gasteiger partial charge in [-0.05, 0) is 19.6 Å². The van der Waals surface area contributed by atoms with Gasteiger partial charge < -0.3 is 14.7 Å². The van der Waals surface area contributed by atoms with E-state index in [1.165, 1.54) is 0 Å². The van der Waals surface area contributed by atoms with E-state index >= 15 is 0 Å². The lowest BCUT2D eigenvalue weighted by Crippen LogP contribution is -2.55. The summed E-state index contributed by atoms with van der Waals surface area (Å²) in [6, 6.07) is 0. The minimum absolute atomic E-state index is 0.0475. The number of morpholine rings is 1. The highest BCUT2D eigenvalue weighted by molar-refractivity contribution is 7.80. The maximum absolute atomic E-state index is 11.7. The van der Waals surface area contributed by atoms with Gasteiger partial charge in [0.05, 0.1) is 18.3 Å². The molecule has 5 heteroatoms. The van der Waals surface area contributed by atoms with E-state index in [0.29, 0.717) is 25.3 Å². The van der Waals surface area contributed by atoms with Crippen LogP contribution in [0.4, 0.5) is 0 Å². The van der Waals surface area contributed by atoms with Gasteiger partial charge in [0.15, 0.2) is 0 Å². The first kappa shape index (κ1) is 12.8. The third-order valence-electron chi connectivity index (χ3n) is 2.36. The molecular weight excluding hydrogens is 214 g/mol. The first-order valence-corrected chi connectivity index (χ1v) is 5.79. The lowest BCUT2D eigenvalue weighted by atomic mass is 10.1. The average molecular weight is 233 g/mol. The molecule has 0 bridgehead atoms. The molecule has 1 atom stereocenters. The molecule has 0 aromatic rings. The summed E-state index contributed by atoms with van der Waals surface area (Å²) < 4.78 is 5.62. The Kier molecular flexibility index (Phi) is 4.43. The van der Waals surface area contributed by atoms with Crippen LogP contribution in [0.5, 0.6) is 0 Å². The van der Waals surface area contributed by atoms with Gasteiger partial charge in [-0.3, -0.25) is 4.79 Å². The molecule has 1 rings (SSSR count). The van der Waals surface area contributed by atoms with Crippen LogP contribution in [0, 0.1) is 0 Å². The second-order valence-corrected chi connectivity index (χ2v) is 4.88. The fourth-order valence-corrected chi connectivity index (χ4v) is 2.03. The van der Waals surface area contributed by atoms with Gasteiger partial charge in [0.2, 0.25) is 5.91 Å². The van der Waals surface area contributed by atoms with Gasteiger partial charge in [-0.25, -0.2) is 0 Å². The summed E-state index contributed by atoms with van der Waals surface area (Å²) >= 11 is 4.04. The highest BCUT2D eigenvalue weighted by Crippen LogP contribution is 2.21. The first-order chi connectivity index (χ1) is 6.98. The van der Waals surface area contributed by atoms with Gasteiger partial charge in [-0.1, -0.05) is 0 Å². The Hall–Kier alpha value is -0.260. The topological polar surface area (TPSA) is 49.8 Å². The summed E-state index contributed by atoms with van der Waals surface area (Å²) in [7, 11) is 0. The number of aliphatic hydroxyl groups excluding tert-OH is 1. The smallest absolute Gasteiger partial charge is 0.223 e. The Morgan fingerprint density at radius 2 is 2.33 bits per heavy atom. The Bertz CT molecular complexity index is 233. The summed E-state index contributed by atoms with van der Waals surface area (Å²) in [6.07, 6.45) is 0.176. The summed E-state index contributed by atoms with van der Waals surface area (Å²) in [5.41, 5.74) is -0.377. The SMILES string of the molecule is CC1(C)CN(C(=O)CCS)CC(CO)O1. The summed E-state index contributed by atoms with van der Waals surface area (Å²) in [5.74, 6) is 0.639. The number of amides is 1. The van der Waals surface area contributed by atoms with Crippen LogP contribution in [0.2, 0.25) is 0 Å². The minimum atomic E-state index is -0.377. The van der Waals surface area contributed by atoms with Crippen LogP contribution in [0.15, 0.2) is 0 Å². The fraction of sp³-hybridized carbons (Fsp3) is 0.900. The van der Waals surface area contributed by atoms with Crippen molar-refractivity contribution in [2.75, 3.05) is 25.4 Å². The molecule has 0 aliphatic carbocycles. The van der Waals surface area contributed by atoms with E-state index in [4.69, 9.17) is 9.84 Å².